The van der Waals surface area contributed by atoms with Crippen molar-refractivity contribution in [2.75, 3.05) is 0 Å². The van der Waals surface area contributed by atoms with Crippen LogP contribution in [0.3, 0.4) is 0 Å². The van der Waals surface area contributed by atoms with Gasteiger partial charge in [-0.1, -0.05) is 18.5 Å². The molecular weight excluding hydrogens is 264 g/mol. The quantitative estimate of drug-likeness (QED) is 0.816. The topological polar surface area (TPSA) is 61.7 Å². The number of phenols is 1. The summed E-state index contributed by atoms with van der Waals surface area (Å²) in [5, 5.41) is 14.2. The largest absolute Gasteiger partial charge is 0.507 e. The Labute approximate surface area is 117 Å². The van der Waals surface area contributed by atoms with Gasteiger partial charge in [0.1, 0.15) is 5.75 Å². The summed E-state index contributed by atoms with van der Waals surface area (Å²) in [6, 6.07) is 4.38. The molecule has 0 heterocycles. The maximum Gasteiger partial charge on any atom is 0.275 e. The van der Waals surface area contributed by atoms with Gasteiger partial charge in [-0.2, -0.15) is 5.10 Å². The van der Waals surface area contributed by atoms with Crippen LogP contribution < -0.4 is 5.43 Å². The summed E-state index contributed by atoms with van der Waals surface area (Å²) in [6.45, 7) is 2.22. The van der Waals surface area contributed by atoms with E-state index in [1.54, 1.807) is 6.07 Å². The van der Waals surface area contributed by atoms with E-state index in [1.165, 1.54) is 12.1 Å². The Kier molecular flexibility index (Phi) is 4.43. The number of halogens is 1. The van der Waals surface area contributed by atoms with Gasteiger partial charge in [-0.25, -0.2) is 5.43 Å². The lowest BCUT2D eigenvalue weighted by Crippen LogP contribution is -2.21. The molecule has 19 heavy (non-hydrogen) atoms. The zero-order valence-corrected chi connectivity index (χ0v) is 11.6. The average molecular weight is 281 g/mol. The van der Waals surface area contributed by atoms with E-state index >= 15 is 0 Å². The molecule has 0 atom stereocenters. The number of nitrogens with zero attached hydrogens (tertiary/aromatic N) is 1. The monoisotopic (exact) mass is 280 g/mol. The van der Waals surface area contributed by atoms with E-state index in [4.69, 9.17) is 11.6 Å². The van der Waals surface area contributed by atoms with Crippen LogP contribution in [-0.4, -0.2) is 16.7 Å². The molecule has 4 nitrogen and oxygen atoms in total. The second-order valence-electron chi connectivity index (χ2n) is 4.96. The molecule has 2 rings (SSSR count). The van der Waals surface area contributed by atoms with Crippen molar-refractivity contribution in [3.63, 3.8) is 0 Å². The standard InChI is InChI=1S/C14H17ClN2O2/c1-9-2-5-11(6-3-9)16-17-14(19)12-7-4-10(15)8-13(12)18/h4,7-9,18H,2-3,5-6H2,1H3,(H,17,19). The van der Waals surface area contributed by atoms with Crippen LogP contribution in [0, 0.1) is 5.92 Å². The molecule has 0 aliphatic heterocycles. The molecule has 1 aliphatic carbocycles. The molecule has 0 saturated heterocycles. The lowest BCUT2D eigenvalue weighted by atomic mass is 9.90. The number of phenolic OH excluding ortho intramolecular Hbond substituents is 1. The van der Waals surface area contributed by atoms with Crippen molar-refractivity contribution < 1.29 is 9.90 Å². The summed E-state index contributed by atoms with van der Waals surface area (Å²) in [6.07, 6.45) is 4.07. The molecule has 2 N–H and O–H groups in total. The van der Waals surface area contributed by atoms with Crippen molar-refractivity contribution in [1.29, 1.82) is 0 Å². The summed E-state index contributed by atoms with van der Waals surface area (Å²) in [7, 11) is 0. The molecule has 1 aliphatic rings. The average Bonchev–Trinajstić information content (AvgIpc) is 2.37. The second-order valence-corrected chi connectivity index (χ2v) is 5.40. The number of carbonyl (C=O) groups is 1. The Morgan fingerprint density at radius 1 is 1.42 bits per heavy atom. The lowest BCUT2D eigenvalue weighted by molar-refractivity contribution is 0.0952. The van der Waals surface area contributed by atoms with Crippen LogP contribution in [0.1, 0.15) is 43.0 Å². The van der Waals surface area contributed by atoms with Crippen LogP contribution in [0.25, 0.3) is 0 Å². The van der Waals surface area contributed by atoms with Crippen molar-refractivity contribution >= 4 is 23.2 Å². The van der Waals surface area contributed by atoms with Crippen LogP contribution >= 0.6 is 11.6 Å². The Morgan fingerprint density at radius 3 is 2.74 bits per heavy atom. The van der Waals surface area contributed by atoms with Gasteiger partial charge >= 0.3 is 0 Å². The van der Waals surface area contributed by atoms with Crippen molar-refractivity contribution in [2.24, 2.45) is 11.0 Å². The summed E-state index contributed by atoms with van der Waals surface area (Å²) in [5.41, 5.74) is 3.68. The normalized spacial score (nSPS) is 19.1. The Balaban J connectivity index is 1.99. The summed E-state index contributed by atoms with van der Waals surface area (Å²) >= 11 is 5.71. The highest BCUT2D eigenvalue weighted by atomic mass is 35.5. The Morgan fingerprint density at radius 2 is 2.11 bits per heavy atom. The predicted molar refractivity (Wildman–Crippen MR) is 75.7 cm³/mol. The fourth-order valence-corrected chi connectivity index (χ4v) is 2.26. The lowest BCUT2D eigenvalue weighted by Gasteiger charge is -2.18. The van der Waals surface area contributed by atoms with E-state index in [9.17, 15) is 9.90 Å². The first-order valence-electron chi connectivity index (χ1n) is 6.40. The van der Waals surface area contributed by atoms with Crippen LogP contribution in [-0.2, 0) is 0 Å². The summed E-state index contributed by atoms with van der Waals surface area (Å²) < 4.78 is 0. The van der Waals surface area contributed by atoms with Crippen LogP contribution in [0.4, 0.5) is 0 Å². The van der Waals surface area contributed by atoms with Crippen molar-refractivity contribution in [3.8, 4) is 5.75 Å². The number of benzene rings is 1. The van der Waals surface area contributed by atoms with Crippen LogP contribution in [0.2, 0.25) is 5.02 Å². The second kappa shape index (κ2) is 6.06. The van der Waals surface area contributed by atoms with E-state index in [-0.39, 0.29) is 11.3 Å². The maximum atomic E-state index is 11.9. The van der Waals surface area contributed by atoms with E-state index in [1.807, 2.05) is 0 Å². The molecule has 0 bridgehead atoms. The zero-order valence-electron chi connectivity index (χ0n) is 10.8. The number of rotatable bonds is 2. The number of carbonyl (C=O) groups excluding carboxylic acids is 1. The smallest absolute Gasteiger partial charge is 0.275 e. The molecule has 1 amide bonds. The van der Waals surface area contributed by atoms with Gasteiger partial charge in [0.2, 0.25) is 0 Å². The molecule has 0 radical (unpaired) electrons. The molecule has 102 valence electrons. The fourth-order valence-electron chi connectivity index (χ4n) is 2.09. The number of hydrazone groups is 1. The van der Waals surface area contributed by atoms with Gasteiger partial charge in [0.25, 0.3) is 5.91 Å². The van der Waals surface area contributed by atoms with Gasteiger partial charge in [-0.05, 0) is 49.8 Å². The van der Waals surface area contributed by atoms with E-state index in [2.05, 4.69) is 17.5 Å². The zero-order chi connectivity index (χ0) is 13.8. The Hall–Kier alpha value is -1.55. The number of hydrogen-bond acceptors (Lipinski definition) is 3. The highest BCUT2D eigenvalue weighted by molar-refractivity contribution is 6.30. The molecule has 1 aromatic rings. The van der Waals surface area contributed by atoms with Gasteiger partial charge in [0.15, 0.2) is 0 Å². The van der Waals surface area contributed by atoms with Crippen LogP contribution in [0.15, 0.2) is 23.3 Å². The molecular formula is C14H17ClN2O2. The van der Waals surface area contributed by atoms with Gasteiger partial charge < -0.3 is 5.11 Å². The molecule has 5 heteroatoms. The highest BCUT2D eigenvalue weighted by Crippen LogP contribution is 2.23. The highest BCUT2D eigenvalue weighted by Gasteiger charge is 2.15. The third-order valence-electron chi connectivity index (χ3n) is 3.37. The number of nitrogens with one attached hydrogen (secondary N) is 1. The molecule has 0 spiro atoms. The predicted octanol–water partition coefficient (Wildman–Crippen LogP) is 3.34. The molecule has 0 aromatic heterocycles. The Bertz CT molecular complexity index is 504. The van der Waals surface area contributed by atoms with Crippen molar-refractivity contribution in [1.82, 2.24) is 5.43 Å². The number of amides is 1. The number of hydrogen-bond donors (Lipinski definition) is 2. The minimum atomic E-state index is -0.416. The minimum absolute atomic E-state index is 0.137. The third kappa shape index (κ3) is 3.70. The van der Waals surface area contributed by atoms with E-state index in [0.29, 0.717) is 5.02 Å². The van der Waals surface area contributed by atoms with E-state index in [0.717, 1.165) is 37.3 Å². The van der Waals surface area contributed by atoms with Crippen LogP contribution in [0.5, 0.6) is 5.75 Å². The van der Waals surface area contributed by atoms with Crippen molar-refractivity contribution in [3.05, 3.63) is 28.8 Å². The first-order valence-corrected chi connectivity index (χ1v) is 6.78. The molecule has 1 saturated carbocycles. The van der Waals surface area contributed by atoms with E-state index < -0.39 is 5.91 Å². The summed E-state index contributed by atoms with van der Waals surface area (Å²) in [4.78, 5) is 11.9. The fraction of sp³-hybridized carbons (Fsp3) is 0.429. The van der Waals surface area contributed by atoms with Gasteiger partial charge in [0.05, 0.1) is 5.56 Å². The summed E-state index contributed by atoms with van der Waals surface area (Å²) in [5.74, 6) is 0.178. The minimum Gasteiger partial charge on any atom is -0.507 e. The molecule has 1 aromatic carbocycles. The van der Waals surface area contributed by atoms with Gasteiger partial charge in [-0.3, -0.25) is 4.79 Å². The SMILES string of the molecule is CC1CCC(=NNC(=O)c2ccc(Cl)cc2O)CC1. The van der Waals surface area contributed by atoms with Gasteiger partial charge in [0, 0.05) is 10.7 Å². The third-order valence-corrected chi connectivity index (χ3v) is 3.61. The van der Waals surface area contributed by atoms with Gasteiger partial charge in [-0.15, -0.1) is 0 Å². The maximum absolute atomic E-state index is 11.9. The molecule has 1 fully saturated rings. The van der Waals surface area contributed by atoms with Crippen molar-refractivity contribution in [2.45, 2.75) is 32.6 Å². The first kappa shape index (κ1) is 13.9. The number of aromatic hydroxyl groups is 1. The molecule has 0 unspecified atom stereocenters. The first-order chi connectivity index (χ1) is 9.06.